The van der Waals surface area contributed by atoms with Gasteiger partial charge in [0.1, 0.15) is 23.9 Å². The number of imidazole rings is 1. The van der Waals surface area contributed by atoms with Gasteiger partial charge < -0.3 is 19.2 Å². The zero-order valence-electron chi connectivity index (χ0n) is 14.6. The van der Waals surface area contributed by atoms with Crippen LogP contribution in [0.3, 0.4) is 0 Å². The van der Waals surface area contributed by atoms with Crippen LogP contribution in [0.25, 0.3) is 0 Å². The molecule has 25 heavy (non-hydrogen) atoms. The fourth-order valence-corrected chi connectivity index (χ4v) is 1.85. The quantitative estimate of drug-likeness (QED) is 0.447. The van der Waals surface area contributed by atoms with Crippen molar-refractivity contribution in [2.75, 3.05) is 27.8 Å². The fraction of sp³-hybridized carbons (Fsp3) is 0.375. The molecule has 2 aromatic rings. The molecule has 0 amide bonds. The third-order valence-corrected chi connectivity index (χ3v) is 2.97. The molecule has 0 saturated carbocycles. The van der Waals surface area contributed by atoms with E-state index in [1.807, 2.05) is 0 Å². The van der Waals surface area contributed by atoms with Crippen LogP contribution in [-0.4, -0.2) is 48.8 Å². The highest BCUT2D eigenvalue weighted by Crippen LogP contribution is 2.21. The highest BCUT2D eigenvalue weighted by atomic mass is 16.5. The number of carbonyl (C=O) groups is 1. The van der Waals surface area contributed by atoms with E-state index in [1.54, 1.807) is 52.4 Å². The first kappa shape index (κ1) is 18.2. The van der Waals surface area contributed by atoms with Crippen molar-refractivity contribution in [3.63, 3.8) is 0 Å². The number of nitrogens with one attached hydrogen (secondary N) is 1. The summed E-state index contributed by atoms with van der Waals surface area (Å²) in [4.78, 5) is 19.1. The number of rotatable bonds is 8. The van der Waals surface area contributed by atoms with E-state index < -0.39 is 5.97 Å². The Balaban J connectivity index is 2.13. The molecule has 9 nitrogen and oxygen atoms in total. The maximum atomic E-state index is 12.0. The zero-order chi connectivity index (χ0) is 18.2. The average Bonchev–Trinajstić information content (AvgIpc) is 3.02. The second-order valence-electron chi connectivity index (χ2n) is 5.10. The van der Waals surface area contributed by atoms with E-state index in [-0.39, 0.29) is 24.7 Å². The monoisotopic (exact) mass is 347 g/mol. The minimum absolute atomic E-state index is 0.135. The summed E-state index contributed by atoms with van der Waals surface area (Å²) in [5.41, 5.74) is 0.140. The Morgan fingerprint density at radius 3 is 2.52 bits per heavy atom. The summed E-state index contributed by atoms with van der Waals surface area (Å²) < 4.78 is 15.7. The van der Waals surface area contributed by atoms with Crippen molar-refractivity contribution in [3.05, 3.63) is 35.8 Å². The number of aromatic amines is 1. The van der Waals surface area contributed by atoms with Gasteiger partial charge in [0.05, 0.1) is 13.7 Å². The number of nitrogens with zero attached hydrogens (tertiary/aromatic N) is 4. The van der Waals surface area contributed by atoms with E-state index in [0.29, 0.717) is 11.6 Å². The van der Waals surface area contributed by atoms with Gasteiger partial charge in [-0.3, -0.25) is 5.01 Å². The van der Waals surface area contributed by atoms with Crippen molar-refractivity contribution in [3.8, 4) is 11.5 Å². The van der Waals surface area contributed by atoms with Gasteiger partial charge >= 0.3 is 5.97 Å². The lowest BCUT2D eigenvalue weighted by atomic mass is 10.3. The van der Waals surface area contributed by atoms with Crippen LogP contribution in [-0.2, 0) is 11.3 Å². The Kier molecular flexibility index (Phi) is 6.33. The van der Waals surface area contributed by atoms with Crippen LogP contribution in [0, 0.1) is 0 Å². The second kappa shape index (κ2) is 8.67. The lowest BCUT2D eigenvalue weighted by molar-refractivity contribution is 0.0520. The number of hydrogen-bond donors (Lipinski definition) is 1. The van der Waals surface area contributed by atoms with E-state index in [0.717, 1.165) is 5.75 Å². The number of esters is 1. The van der Waals surface area contributed by atoms with Gasteiger partial charge in [-0.1, -0.05) is 5.22 Å². The first-order chi connectivity index (χ1) is 12.0. The first-order valence-electron chi connectivity index (χ1n) is 7.65. The van der Waals surface area contributed by atoms with Crippen LogP contribution in [0.15, 0.2) is 34.6 Å². The van der Waals surface area contributed by atoms with E-state index in [2.05, 4.69) is 20.3 Å². The molecule has 0 atom stereocenters. The molecule has 1 N–H and O–H groups in total. The van der Waals surface area contributed by atoms with Gasteiger partial charge in [0.15, 0.2) is 5.69 Å². The molecule has 1 aromatic heterocycles. The highest BCUT2D eigenvalue weighted by Gasteiger charge is 2.19. The number of hydrogen-bond acceptors (Lipinski definition) is 7. The molecule has 1 heterocycles. The fourth-order valence-electron chi connectivity index (χ4n) is 1.85. The molecule has 0 aliphatic carbocycles. The zero-order valence-corrected chi connectivity index (χ0v) is 14.6. The minimum Gasteiger partial charge on any atom is -0.497 e. The predicted octanol–water partition coefficient (Wildman–Crippen LogP) is 2.73. The van der Waals surface area contributed by atoms with E-state index in [1.165, 1.54) is 5.01 Å². The van der Waals surface area contributed by atoms with Gasteiger partial charge in [-0.15, -0.1) is 5.11 Å². The summed E-state index contributed by atoms with van der Waals surface area (Å²) in [6, 6.07) is 7.14. The smallest absolute Gasteiger partial charge is 0.358 e. The lowest BCUT2D eigenvalue weighted by Crippen LogP contribution is -2.06. The normalized spacial score (nSPS) is 10.7. The largest absolute Gasteiger partial charge is 0.497 e. The van der Waals surface area contributed by atoms with Crippen molar-refractivity contribution in [2.45, 2.75) is 13.5 Å². The van der Waals surface area contributed by atoms with E-state index in [4.69, 9.17) is 14.2 Å². The molecule has 0 saturated heterocycles. The summed E-state index contributed by atoms with van der Waals surface area (Å²) in [6.07, 6.45) is 0. The number of ether oxygens (including phenoxy) is 3. The molecule has 0 fully saturated rings. The lowest BCUT2D eigenvalue weighted by Gasteiger charge is -2.05. The van der Waals surface area contributed by atoms with Gasteiger partial charge in [-0.25, -0.2) is 9.78 Å². The summed E-state index contributed by atoms with van der Waals surface area (Å²) in [5, 5.41) is 9.30. The highest BCUT2D eigenvalue weighted by molar-refractivity contribution is 5.91. The van der Waals surface area contributed by atoms with Gasteiger partial charge in [0.25, 0.3) is 0 Å². The molecule has 2 rings (SSSR count). The van der Waals surface area contributed by atoms with Gasteiger partial charge in [-0.2, -0.15) is 0 Å². The SMILES string of the molecule is CCOC(=O)c1[nH]c(COc2ccc(OC)cc2)nc1N=NN(C)C. The average molecular weight is 347 g/mol. The molecule has 0 spiro atoms. The van der Waals surface area contributed by atoms with Crippen LogP contribution >= 0.6 is 0 Å². The Morgan fingerprint density at radius 2 is 1.92 bits per heavy atom. The second-order valence-corrected chi connectivity index (χ2v) is 5.10. The number of methoxy groups -OCH3 is 1. The maximum Gasteiger partial charge on any atom is 0.358 e. The van der Waals surface area contributed by atoms with Gasteiger partial charge in [0.2, 0.25) is 5.82 Å². The molecule has 0 bridgehead atoms. The Labute approximate surface area is 145 Å². The van der Waals surface area contributed by atoms with Crippen LogP contribution in [0.2, 0.25) is 0 Å². The molecule has 0 aliphatic heterocycles. The first-order valence-corrected chi connectivity index (χ1v) is 7.65. The van der Waals surface area contributed by atoms with E-state index in [9.17, 15) is 4.79 Å². The maximum absolute atomic E-state index is 12.0. The summed E-state index contributed by atoms with van der Waals surface area (Å²) in [7, 11) is 5.03. The van der Waals surface area contributed by atoms with Gasteiger partial charge in [0, 0.05) is 14.1 Å². The van der Waals surface area contributed by atoms with Crippen LogP contribution in [0.1, 0.15) is 23.2 Å². The predicted molar refractivity (Wildman–Crippen MR) is 90.1 cm³/mol. The molecule has 0 aliphatic rings. The van der Waals surface area contributed by atoms with Crippen LogP contribution < -0.4 is 9.47 Å². The summed E-state index contributed by atoms with van der Waals surface area (Å²) >= 11 is 0. The number of H-pyrrole nitrogens is 1. The number of benzene rings is 1. The third kappa shape index (κ3) is 5.20. The van der Waals surface area contributed by atoms with Gasteiger partial charge in [-0.05, 0) is 31.2 Å². The summed E-state index contributed by atoms with van der Waals surface area (Å²) in [6.45, 7) is 2.11. The standard InChI is InChI=1S/C16H21N5O4/c1-5-24-16(22)14-15(19-20-21(2)3)18-13(17-14)10-25-12-8-6-11(23-4)7-9-12/h6-9H,5,10H2,1-4H3,(H,17,18). The van der Waals surface area contributed by atoms with Crippen molar-refractivity contribution in [1.29, 1.82) is 0 Å². The molecular formula is C16H21N5O4. The minimum atomic E-state index is -0.543. The number of aromatic nitrogens is 2. The molecular weight excluding hydrogens is 326 g/mol. The molecule has 9 heteroatoms. The summed E-state index contributed by atoms with van der Waals surface area (Å²) in [5.74, 6) is 1.43. The van der Waals surface area contributed by atoms with Crippen molar-refractivity contribution in [1.82, 2.24) is 15.0 Å². The van der Waals surface area contributed by atoms with Crippen molar-refractivity contribution < 1.29 is 19.0 Å². The molecule has 1 aromatic carbocycles. The third-order valence-electron chi connectivity index (χ3n) is 2.97. The molecule has 0 unspecified atom stereocenters. The van der Waals surface area contributed by atoms with Crippen molar-refractivity contribution in [2.24, 2.45) is 10.3 Å². The topological polar surface area (TPSA) is 101 Å². The van der Waals surface area contributed by atoms with E-state index >= 15 is 0 Å². The molecule has 0 radical (unpaired) electrons. The van der Waals surface area contributed by atoms with Crippen molar-refractivity contribution >= 4 is 11.8 Å². The Hall–Kier alpha value is -3.10. The Bertz CT molecular complexity index is 725. The van der Waals surface area contributed by atoms with Crippen LogP contribution in [0.4, 0.5) is 5.82 Å². The Morgan fingerprint density at radius 1 is 1.24 bits per heavy atom. The molecule has 134 valence electrons. The van der Waals surface area contributed by atoms with Crippen LogP contribution in [0.5, 0.6) is 11.5 Å². The number of carbonyl (C=O) groups excluding carboxylic acids is 1.